The number of hydrogen-bond acceptors (Lipinski definition) is 5. The van der Waals surface area contributed by atoms with Gasteiger partial charge < -0.3 is 24.3 Å². The lowest BCUT2D eigenvalue weighted by molar-refractivity contribution is 0.175. The van der Waals surface area contributed by atoms with Crippen LogP contribution in [0.2, 0.25) is 0 Å². The van der Waals surface area contributed by atoms with Gasteiger partial charge in [-0.1, -0.05) is 26.0 Å². The number of urea groups is 1. The standard InChI is InChI=1S/C22H32N4O3/c1-17(2)14-29-21-6-4-18(5-7-21)12-26(13-20-15-28-16-23-20)22(27)24-19-8-10-25(3)11-9-19/h4-7,15-17,19H,8-14H2,1-3H3,(H,24,27). The number of ether oxygens (including phenoxy) is 1. The zero-order chi connectivity index (χ0) is 20.6. The lowest BCUT2D eigenvalue weighted by Crippen LogP contribution is -2.48. The molecule has 1 aliphatic rings. The molecule has 0 unspecified atom stereocenters. The molecule has 1 saturated heterocycles. The molecule has 1 fully saturated rings. The first-order valence-electron chi connectivity index (χ1n) is 10.3. The molecular formula is C22H32N4O3. The van der Waals surface area contributed by atoms with Gasteiger partial charge in [0.15, 0.2) is 6.39 Å². The molecule has 1 aromatic heterocycles. The van der Waals surface area contributed by atoms with Crippen LogP contribution >= 0.6 is 0 Å². The maximum atomic E-state index is 13.0. The second-order valence-electron chi connectivity index (χ2n) is 8.21. The highest BCUT2D eigenvalue weighted by Gasteiger charge is 2.22. The van der Waals surface area contributed by atoms with Gasteiger partial charge in [0.25, 0.3) is 0 Å². The Morgan fingerprint density at radius 1 is 1.28 bits per heavy atom. The van der Waals surface area contributed by atoms with E-state index in [1.807, 2.05) is 24.3 Å². The number of nitrogens with one attached hydrogen (secondary N) is 1. The molecule has 7 heteroatoms. The van der Waals surface area contributed by atoms with Crippen LogP contribution in [-0.2, 0) is 13.1 Å². The summed E-state index contributed by atoms with van der Waals surface area (Å²) in [6, 6.07) is 8.08. The first kappa shape index (κ1) is 21.2. The molecule has 1 aromatic carbocycles. The van der Waals surface area contributed by atoms with Crippen molar-refractivity contribution in [3.05, 3.63) is 48.2 Å². The molecule has 1 aliphatic heterocycles. The number of rotatable bonds is 8. The molecule has 0 radical (unpaired) electrons. The summed E-state index contributed by atoms with van der Waals surface area (Å²) in [7, 11) is 2.11. The Hall–Kier alpha value is -2.54. The van der Waals surface area contributed by atoms with Gasteiger partial charge in [-0.25, -0.2) is 9.78 Å². The van der Waals surface area contributed by atoms with Gasteiger partial charge in [-0.15, -0.1) is 0 Å². The van der Waals surface area contributed by atoms with Gasteiger partial charge in [0.1, 0.15) is 12.0 Å². The van der Waals surface area contributed by atoms with E-state index in [0.29, 0.717) is 25.6 Å². The second-order valence-corrected chi connectivity index (χ2v) is 8.21. The molecule has 0 aliphatic carbocycles. The molecule has 2 aromatic rings. The molecule has 2 heterocycles. The van der Waals surface area contributed by atoms with Crippen LogP contribution in [0.15, 0.2) is 41.3 Å². The summed E-state index contributed by atoms with van der Waals surface area (Å²) < 4.78 is 10.8. The van der Waals surface area contributed by atoms with Crippen molar-refractivity contribution in [3.63, 3.8) is 0 Å². The van der Waals surface area contributed by atoms with Crippen LogP contribution in [0, 0.1) is 5.92 Å². The van der Waals surface area contributed by atoms with Crippen LogP contribution in [0.4, 0.5) is 4.79 Å². The minimum absolute atomic E-state index is 0.0670. The van der Waals surface area contributed by atoms with E-state index in [9.17, 15) is 4.79 Å². The first-order valence-corrected chi connectivity index (χ1v) is 10.3. The second kappa shape index (κ2) is 10.3. The SMILES string of the molecule is CC(C)COc1ccc(CN(Cc2cocn2)C(=O)NC2CCN(C)CC2)cc1. The van der Waals surface area contributed by atoms with Gasteiger partial charge in [-0.05, 0) is 56.6 Å². The van der Waals surface area contributed by atoms with Crippen molar-refractivity contribution in [2.24, 2.45) is 5.92 Å². The largest absolute Gasteiger partial charge is 0.493 e. The number of benzene rings is 1. The van der Waals surface area contributed by atoms with Gasteiger partial charge in [-0.2, -0.15) is 0 Å². The number of oxazole rings is 1. The van der Waals surface area contributed by atoms with Crippen LogP contribution in [0.25, 0.3) is 0 Å². The van der Waals surface area contributed by atoms with Crippen LogP contribution < -0.4 is 10.1 Å². The number of nitrogens with zero attached hydrogens (tertiary/aromatic N) is 3. The summed E-state index contributed by atoms with van der Waals surface area (Å²) in [5, 5.41) is 3.19. The monoisotopic (exact) mass is 400 g/mol. The van der Waals surface area contributed by atoms with Crippen LogP contribution in [-0.4, -0.2) is 53.6 Å². The molecule has 7 nitrogen and oxygen atoms in total. The summed E-state index contributed by atoms with van der Waals surface area (Å²) >= 11 is 0. The lowest BCUT2D eigenvalue weighted by Gasteiger charge is -2.31. The number of carbonyl (C=O) groups excluding carboxylic acids is 1. The molecular weight excluding hydrogens is 368 g/mol. The Morgan fingerprint density at radius 2 is 2.00 bits per heavy atom. The molecule has 0 atom stereocenters. The van der Waals surface area contributed by atoms with E-state index in [-0.39, 0.29) is 12.1 Å². The van der Waals surface area contributed by atoms with Gasteiger partial charge >= 0.3 is 6.03 Å². The Bertz CT molecular complexity index is 738. The van der Waals surface area contributed by atoms with Crippen molar-refractivity contribution in [1.82, 2.24) is 20.1 Å². The Kier molecular flexibility index (Phi) is 7.52. The number of hydrogen-bond donors (Lipinski definition) is 1. The highest BCUT2D eigenvalue weighted by Crippen LogP contribution is 2.17. The smallest absolute Gasteiger partial charge is 0.318 e. The topological polar surface area (TPSA) is 70.8 Å². The zero-order valence-corrected chi connectivity index (χ0v) is 17.6. The van der Waals surface area contributed by atoms with Crippen molar-refractivity contribution in [3.8, 4) is 5.75 Å². The number of aromatic nitrogens is 1. The van der Waals surface area contributed by atoms with Crippen molar-refractivity contribution in [2.45, 2.75) is 45.8 Å². The van der Waals surface area contributed by atoms with E-state index in [0.717, 1.165) is 42.9 Å². The lowest BCUT2D eigenvalue weighted by atomic mass is 10.1. The third kappa shape index (κ3) is 6.78. The van der Waals surface area contributed by atoms with Gasteiger partial charge in [0.05, 0.1) is 18.8 Å². The quantitative estimate of drug-likeness (QED) is 0.734. The van der Waals surface area contributed by atoms with E-state index in [1.165, 1.54) is 6.39 Å². The number of carbonyl (C=O) groups is 1. The molecule has 3 rings (SSSR count). The average Bonchev–Trinajstić information content (AvgIpc) is 3.22. The maximum absolute atomic E-state index is 13.0. The molecule has 0 bridgehead atoms. The summed E-state index contributed by atoms with van der Waals surface area (Å²) in [5.41, 5.74) is 1.78. The molecule has 2 amide bonds. The van der Waals surface area contributed by atoms with E-state index < -0.39 is 0 Å². The molecule has 1 N–H and O–H groups in total. The number of amides is 2. The van der Waals surface area contributed by atoms with Gasteiger partial charge in [0, 0.05) is 12.6 Å². The van der Waals surface area contributed by atoms with Gasteiger partial charge in [-0.3, -0.25) is 0 Å². The van der Waals surface area contributed by atoms with Crippen molar-refractivity contribution in [2.75, 3.05) is 26.7 Å². The predicted octanol–water partition coefficient (Wildman–Crippen LogP) is 3.52. The minimum atomic E-state index is -0.0670. The summed E-state index contributed by atoms with van der Waals surface area (Å²) in [6.45, 7) is 7.85. The van der Waals surface area contributed by atoms with Crippen LogP contribution in [0.3, 0.4) is 0 Å². The normalized spacial score (nSPS) is 15.4. The summed E-state index contributed by atoms with van der Waals surface area (Å²) in [6.07, 6.45) is 4.92. The van der Waals surface area contributed by atoms with E-state index in [4.69, 9.17) is 9.15 Å². The fourth-order valence-corrected chi connectivity index (χ4v) is 3.30. The van der Waals surface area contributed by atoms with Crippen molar-refractivity contribution >= 4 is 6.03 Å². The first-order chi connectivity index (χ1) is 14.0. The highest BCUT2D eigenvalue weighted by molar-refractivity contribution is 5.74. The zero-order valence-electron chi connectivity index (χ0n) is 17.6. The Balaban J connectivity index is 1.62. The maximum Gasteiger partial charge on any atom is 0.318 e. The van der Waals surface area contributed by atoms with Crippen molar-refractivity contribution in [1.29, 1.82) is 0 Å². The minimum Gasteiger partial charge on any atom is -0.493 e. The van der Waals surface area contributed by atoms with Crippen LogP contribution in [0.5, 0.6) is 5.75 Å². The Labute approximate surface area is 173 Å². The number of likely N-dealkylation sites (tertiary alicyclic amines) is 1. The van der Waals surface area contributed by atoms with Crippen LogP contribution in [0.1, 0.15) is 37.9 Å². The molecule has 158 valence electrons. The summed E-state index contributed by atoms with van der Waals surface area (Å²) in [4.78, 5) is 21.2. The fraction of sp³-hybridized carbons (Fsp3) is 0.545. The van der Waals surface area contributed by atoms with Gasteiger partial charge in [0.2, 0.25) is 0 Å². The van der Waals surface area contributed by atoms with E-state index in [2.05, 4.69) is 36.1 Å². The molecule has 29 heavy (non-hydrogen) atoms. The molecule has 0 saturated carbocycles. The van der Waals surface area contributed by atoms with Crippen molar-refractivity contribution < 1.29 is 13.9 Å². The third-order valence-electron chi connectivity index (χ3n) is 5.05. The predicted molar refractivity (Wildman–Crippen MR) is 112 cm³/mol. The average molecular weight is 401 g/mol. The Morgan fingerprint density at radius 3 is 2.62 bits per heavy atom. The highest BCUT2D eigenvalue weighted by atomic mass is 16.5. The fourth-order valence-electron chi connectivity index (χ4n) is 3.30. The summed E-state index contributed by atoms with van der Waals surface area (Å²) in [5.74, 6) is 1.33. The van der Waals surface area contributed by atoms with E-state index in [1.54, 1.807) is 11.2 Å². The number of piperidine rings is 1. The molecule has 0 spiro atoms. The van der Waals surface area contributed by atoms with E-state index >= 15 is 0 Å². The third-order valence-corrected chi connectivity index (χ3v) is 5.05.